The topological polar surface area (TPSA) is 57.6 Å². The molecule has 0 amide bonds. The molecule has 0 aromatic rings. The van der Waals surface area contributed by atoms with Crippen molar-refractivity contribution in [3.05, 3.63) is 0 Å². The highest BCUT2D eigenvalue weighted by Gasteiger charge is 2.35. The number of alkyl halides is 3. The van der Waals surface area contributed by atoms with E-state index < -0.39 is 35.9 Å². The molecule has 0 fully saturated rings. The third-order valence-electron chi connectivity index (χ3n) is 1.85. The summed E-state index contributed by atoms with van der Waals surface area (Å²) in [4.78, 5) is 0. The molecular weight excluding hydrogens is 247 g/mol. The van der Waals surface area contributed by atoms with E-state index in [1.54, 1.807) is 6.92 Å². The molecule has 0 heterocycles. The van der Waals surface area contributed by atoms with E-state index >= 15 is 0 Å². The molecule has 0 rings (SSSR count). The minimum Gasteiger partial charge on any atom is -0.395 e. The van der Waals surface area contributed by atoms with Gasteiger partial charge in [0.25, 0.3) is 0 Å². The van der Waals surface area contributed by atoms with E-state index in [9.17, 15) is 21.6 Å². The Morgan fingerprint density at radius 1 is 1.31 bits per heavy atom. The molecule has 0 aliphatic heterocycles. The van der Waals surface area contributed by atoms with Crippen molar-refractivity contribution in [3.8, 4) is 0 Å². The largest absolute Gasteiger partial charge is 0.402 e. The van der Waals surface area contributed by atoms with E-state index in [0.29, 0.717) is 12.8 Å². The number of aliphatic hydroxyl groups is 1. The average Bonchev–Trinajstić information content (AvgIpc) is 2.12. The predicted octanol–water partition coefficient (Wildman–Crippen LogP) is 0.973. The van der Waals surface area contributed by atoms with Crippen LogP contribution in [0, 0.1) is 0 Å². The van der Waals surface area contributed by atoms with Gasteiger partial charge in [-0.3, -0.25) is 0 Å². The zero-order chi connectivity index (χ0) is 12.8. The Morgan fingerprint density at radius 3 is 2.25 bits per heavy atom. The molecule has 98 valence electrons. The number of aliphatic hydroxyl groups excluding tert-OH is 1. The molecule has 0 atom stereocenters. The number of hydrogen-bond acceptors (Lipinski definition) is 3. The van der Waals surface area contributed by atoms with Crippen molar-refractivity contribution in [1.29, 1.82) is 0 Å². The Kier molecular flexibility index (Phi) is 6.27. The molecule has 0 aromatic heterocycles. The number of halogens is 3. The summed E-state index contributed by atoms with van der Waals surface area (Å²) in [6.07, 6.45) is -3.70. The fraction of sp³-hybridized carbons (Fsp3) is 1.00. The first-order chi connectivity index (χ1) is 7.23. The molecule has 0 unspecified atom stereocenters. The van der Waals surface area contributed by atoms with Crippen LogP contribution in [0.25, 0.3) is 0 Å². The van der Waals surface area contributed by atoms with Gasteiger partial charge in [0, 0.05) is 6.54 Å². The quantitative estimate of drug-likeness (QED) is 0.744. The van der Waals surface area contributed by atoms with Crippen LogP contribution in [-0.4, -0.2) is 49.5 Å². The van der Waals surface area contributed by atoms with Gasteiger partial charge >= 0.3 is 6.18 Å². The van der Waals surface area contributed by atoms with Crippen molar-refractivity contribution in [2.75, 3.05) is 25.4 Å². The fourth-order valence-corrected chi connectivity index (χ4v) is 2.70. The van der Waals surface area contributed by atoms with E-state index in [4.69, 9.17) is 5.11 Å². The molecule has 4 nitrogen and oxygen atoms in total. The number of rotatable bonds is 7. The third-order valence-corrected chi connectivity index (χ3v) is 3.76. The van der Waals surface area contributed by atoms with Crippen LogP contribution in [0.1, 0.15) is 19.8 Å². The molecule has 0 saturated heterocycles. The SMILES string of the molecule is CCCCS(=O)(=O)N(CCO)CC(F)(F)F. The zero-order valence-electron chi connectivity index (χ0n) is 9.00. The van der Waals surface area contributed by atoms with Gasteiger partial charge in [-0.15, -0.1) is 0 Å². The molecule has 0 radical (unpaired) electrons. The lowest BCUT2D eigenvalue weighted by atomic mass is 10.4. The van der Waals surface area contributed by atoms with E-state index in [2.05, 4.69) is 0 Å². The van der Waals surface area contributed by atoms with Crippen molar-refractivity contribution in [1.82, 2.24) is 4.31 Å². The first-order valence-corrected chi connectivity index (χ1v) is 6.49. The Bertz CT molecular complexity index is 289. The van der Waals surface area contributed by atoms with Crippen LogP contribution in [0.3, 0.4) is 0 Å². The van der Waals surface area contributed by atoms with Gasteiger partial charge in [0.1, 0.15) is 6.54 Å². The molecule has 0 bridgehead atoms. The monoisotopic (exact) mass is 263 g/mol. The van der Waals surface area contributed by atoms with E-state index in [1.165, 1.54) is 0 Å². The van der Waals surface area contributed by atoms with Crippen molar-refractivity contribution >= 4 is 10.0 Å². The Balaban J connectivity index is 4.63. The molecule has 0 spiro atoms. The van der Waals surface area contributed by atoms with Crippen LogP contribution in [0.5, 0.6) is 0 Å². The predicted molar refractivity (Wildman–Crippen MR) is 53.4 cm³/mol. The highest BCUT2D eigenvalue weighted by molar-refractivity contribution is 7.89. The van der Waals surface area contributed by atoms with Gasteiger partial charge in [0.05, 0.1) is 12.4 Å². The van der Waals surface area contributed by atoms with Crippen molar-refractivity contribution in [2.24, 2.45) is 0 Å². The molecule has 0 aliphatic rings. The first kappa shape index (κ1) is 15.7. The molecular formula is C8H16F3NO3S. The summed E-state index contributed by atoms with van der Waals surface area (Å²) in [5.74, 6) is -0.320. The summed E-state index contributed by atoms with van der Waals surface area (Å²) in [6, 6.07) is 0. The van der Waals surface area contributed by atoms with E-state index in [0.717, 1.165) is 0 Å². The second-order valence-corrected chi connectivity index (χ2v) is 5.43. The minimum absolute atomic E-state index is 0.280. The van der Waals surface area contributed by atoms with Crippen LogP contribution in [0.2, 0.25) is 0 Å². The number of hydrogen-bond donors (Lipinski definition) is 1. The first-order valence-electron chi connectivity index (χ1n) is 4.88. The van der Waals surface area contributed by atoms with Gasteiger partial charge in [-0.1, -0.05) is 13.3 Å². The van der Waals surface area contributed by atoms with E-state index in [1.807, 2.05) is 0 Å². The summed E-state index contributed by atoms with van der Waals surface area (Å²) < 4.78 is 59.5. The van der Waals surface area contributed by atoms with Gasteiger partial charge in [0.2, 0.25) is 10.0 Å². The summed E-state index contributed by atoms with van der Waals surface area (Å²) in [7, 11) is -3.93. The van der Waals surface area contributed by atoms with Crippen LogP contribution in [0.15, 0.2) is 0 Å². The van der Waals surface area contributed by atoms with Gasteiger partial charge in [0.15, 0.2) is 0 Å². The molecule has 0 aliphatic carbocycles. The Morgan fingerprint density at radius 2 is 1.88 bits per heavy atom. The fourth-order valence-electron chi connectivity index (χ4n) is 1.08. The maximum Gasteiger partial charge on any atom is 0.402 e. The molecule has 0 saturated carbocycles. The Labute approximate surface area is 93.1 Å². The molecule has 1 N–H and O–H groups in total. The highest BCUT2D eigenvalue weighted by Crippen LogP contribution is 2.18. The van der Waals surface area contributed by atoms with Crippen molar-refractivity contribution in [3.63, 3.8) is 0 Å². The van der Waals surface area contributed by atoms with Crippen LogP contribution in [0.4, 0.5) is 13.2 Å². The summed E-state index contributed by atoms with van der Waals surface area (Å²) in [5, 5.41) is 8.55. The van der Waals surface area contributed by atoms with Crippen LogP contribution in [-0.2, 0) is 10.0 Å². The number of unbranched alkanes of at least 4 members (excludes halogenated alkanes) is 1. The summed E-state index contributed by atoms with van der Waals surface area (Å²) >= 11 is 0. The second-order valence-electron chi connectivity index (χ2n) is 3.34. The lowest BCUT2D eigenvalue weighted by Gasteiger charge is -2.22. The summed E-state index contributed by atoms with van der Waals surface area (Å²) in [6.45, 7) is -0.942. The summed E-state index contributed by atoms with van der Waals surface area (Å²) in [5.41, 5.74) is 0. The van der Waals surface area contributed by atoms with E-state index in [-0.39, 0.29) is 10.1 Å². The number of nitrogens with zero attached hydrogens (tertiary/aromatic N) is 1. The lowest BCUT2D eigenvalue weighted by Crippen LogP contribution is -2.41. The maximum atomic E-state index is 12.1. The van der Waals surface area contributed by atoms with Crippen LogP contribution >= 0.6 is 0 Å². The normalized spacial score (nSPS) is 13.4. The van der Waals surface area contributed by atoms with Gasteiger partial charge < -0.3 is 5.11 Å². The van der Waals surface area contributed by atoms with Crippen molar-refractivity contribution < 1.29 is 26.7 Å². The Hall–Kier alpha value is -0.340. The van der Waals surface area contributed by atoms with Crippen molar-refractivity contribution in [2.45, 2.75) is 25.9 Å². The van der Waals surface area contributed by atoms with Gasteiger partial charge in [-0.25, -0.2) is 8.42 Å². The average molecular weight is 263 g/mol. The molecule has 0 aromatic carbocycles. The smallest absolute Gasteiger partial charge is 0.395 e. The molecule has 8 heteroatoms. The standard InChI is InChI=1S/C8H16F3NO3S/c1-2-3-6-16(14,15)12(4-5-13)7-8(9,10)11/h13H,2-7H2,1H3. The van der Waals surface area contributed by atoms with Crippen LogP contribution < -0.4 is 0 Å². The molecule has 16 heavy (non-hydrogen) atoms. The number of sulfonamides is 1. The highest BCUT2D eigenvalue weighted by atomic mass is 32.2. The zero-order valence-corrected chi connectivity index (χ0v) is 9.81. The maximum absolute atomic E-state index is 12.1. The lowest BCUT2D eigenvalue weighted by molar-refractivity contribution is -0.136. The van der Waals surface area contributed by atoms with Gasteiger partial charge in [-0.05, 0) is 6.42 Å². The third kappa shape index (κ3) is 6.29. The van der Waals surface area contributed by atoms with Gasteiger partial charge in [-0.2, -0.15) is 17.5 Å². The second kappa shape index (κ2) is 6.41. The minimum atomic E-state index is -4.59.